The van der Waals surface area contributed by atoms with Gasteiger partial charge in [-0.1, -0.05) is 23.7 Å². The predicted octanol–water partition coefficient (Wildman–Crippen LogP) is 4.14. The number of hydrogen-bond donors (Lipinski definition) is 1. The average molecular weight is 299 g/mol. The predicted molar refractivity (Wildman–Crippen MR) is 71.8 cm³/mol. The summed E-state index contributed by atoms with van der Waals surface area (Å²) >= 11 is 5.83. The maximum atomic E-state index is 13.6. The fourth-order valence-corrected chi connectivity index (χ4v) is 1.92. The highest BCUT2D eigenvalue weighted by Crippen LogP contribution is 2.28. The summed E-state index contributed by atoms with van der Waals surface area (Å²) in [5.74, 6) is -1.23. The molecule has 0 bridgehead atoms. The van der Waals surface area contributed by atoms with Crippen molar-refractivity contribution in [1.82, 2.24) is 0 Å². The lowest BCUT2D eigenvalue weighted by atomic mass is 10.2. The molecule has 0 atom stereocenters. The van der Waals surface area contributed by atoms with Gasteiger partial charge in [0.15, 0.2) is 5.82 Å². The van der Waals surface area contributed by atoms with Crippen LogP contribution in [0.25, 0.3) is 0 Å². The summed E-state index contributed by atoms with van der Waals surface area (Å²) in [6.45, 7) is 0.0425. The molecule has 0 amide bonds. The van der Waals surface area contributed by atoms with Crippen LogP contribution in [0.5, 0.6) is 0 Å². The van der Waals surface area contributed by atoms with Crippen LogP contribution in [0.4, 0.5) is 20.2 Å². The fraction of sp³-hybridized carbons (Fsp3) is 0.0769. The van der Waals surface area contributed by atoms with Gasteiger partial charge in [-0.3, -0.25) is 10.1 Å². The van der Waals surface area contributed by atoms with Gasteiger partial charge in [0.1, 0.15) is 11.5 Å². The molecular weight excluding hydrogens is 290 g/mol. The van der Waals surface area contributed by atoms with E-state index in [0.717, 1.165) is 12.1 Å². The standard InChI is InChI=1S/C13H9ClF2N2O2/c14-10-6-9(15)5-4-8(10)7-17-13-11(16)2-1-3-12(13)18(19)20/h1-6,17H,7H2. The third-order valence-corrected chi connectivity index (χ3v) is 3.01. The van der Waals surface area contributed by atoms with Crippen molar-refractivity contribution in [3.8, 4) is 0 Å². The van der Waals surface area contributed by atoms with Crippen LogP contribution in [-0.2, 0) is 6.54 Å². The molecule has 0 aromatic heterocycles. The van der Waals surface area contributed by atoms with Crippen LogP contribution in [0, 0.1) is 21.7 Å². The quantitative estimate of drug-likeness (QED) is 0.682. The molecule has 2 aromatic rings. The minimum absolute atomic E-state index is 0.0425. The maximum absolute atomic E-state index is 13.6. The number of nitro benzene ring substituents is 1. The second-order valence-electron chi connectivity index (χ2n) is 3.98. The van der Waals surface area contributed by atoms with Crippen molar-refractivity contribution in [2.45, 2.75) is 6.54 Å². The largest absolute Gasteiger partial charge is 0.373 e. The lowest BCUT2D eigenvalue weighted by molar-refractivity contribution is -0.384. The summed E-state index contributed by atoms with van der Waals surface area (Å²) in [4.78, 5) is 10.1. The summed E-state index contributed by atoms with van der Waals surface area (Å²) in [5.41, 5.74) is -0.0910. The summed E-state index contributed by atoms with van der Waals surface area (Å²) in [7, 11) is 0. The van der Waals surface area contributed by atoms with Crippen molar-refractivity contribution in [1.29, 1.82) is 0 Å². The highest BCUT2D eigenvalue weighted by atomic mass is 35.5. The highest BCUT2D eigenvalue weighted by Gasteiger charge is 2.17. The normalized spacial score (nSPS) is 10.3. The first kappa shape index (κ1) is 14.2. The SMILES string of the molecule is O=[N+]([O-])c1cccc(F)c1NCc1ccc(F)cc1Cl. The molecule has 0 saturated heterocycles. The van der Waals surface area contributed by atoms with Crippen molar-refractivity contribution in [3.05, 3.63) is 68.7 Å². The summed E-state index contributed by atoms with van der Waals surface area (Å²) in [6, 6.07) is 7.31. The van der Waals surface area contributed by atoms with Gasteiger partial charge in [0.05, 0.1) is 4.92 Å². The number of para-hydroxylation sites is 1. The Labute approximate surface area is 118 Å². The van der Waals surface area contributed by atoms with E-state index < -0.39 is 16.6 Å². The molecule has 4 nitrogen and oxygen atoms in total. The number of rotatable bonds is 4. The molecule has 0 heterocycles. The summed E-state index contributed by atoms with van der Waals surface area (Å²) < 4.78 is 26.5. The molecule has 0 aliphatic heterocycles. The van der Waals surface area contributed by atoms with Crippen molar-refractivity contribution < 1.29 is 13.7 Å². The number of nitrogens with one attached hydrogen (secondary N) is 1. The van der Waals surface area contributed by atoms with E-state index in [1.54, 1.807) is 0 Å². The maximum Gasteiger partial charge on any atom is 0.295 e. The second-order valence-corrected chi connectivity index (χ2v) is 4.39. The first-order valence-corrected chi connectivity index (χ1v) is 5.97. The smallest absolute Gasteiger partial charge is 0.295 e. The number of nitrogens with zero attached hydrogens (tertiary/aromatic N) is 1. The van der Waals surface area contributed by atoms with Crippen LogP contribution in [0.2, 0.25) is 5.02 Å². The van der Waals surface area contributed by atoms with Crippen LogP contribution < -0.4 is 5.32 Å². The molecule has 0 spiro atoms. The van der Waals surface area contributed by atoms with Gasteiger partial charge in [0, 0.05) is 17.6 Å². The van der Waals surface area contributed by atoms with E-state index in [1.165, 1.54) is 24.3 Å². The molecule has 0 radical (unpaired) electrons. The van der Waals surface area contributed by atoms with Gasteiger partial charge in [-0.25, -0.2) is 8.78 Å². The van der Waals surface area contributed by atoms with Crippen LogP contribution in [0.15, 0.2) is 36.4 Å². The van der Waals surface area contributed by atoms with E-state index in [0.29, 0.717) is 5.56 Å². The van der Waals surface area contributed by atoms with Gasteiger partial charge >= 0.3 is 0 Å². The highest BCUT2D eigenvalue weighted by molar-refractivity contribution is 6.31. The van der Waals surface area contributed by atoms with Gasteiger partial charge in [-0.15, -0.1) is 0 Å². The fourth-order valence-electron chi connectivity index (χ4n) is 1.69. The van der Waals surface area contributed by atoms with Gasteiger partial charge in [0.25, 0.3) is 5.69 Å². The zero-order valence-electron chi connectivity index (χ0n) is 10.1. The zero-order valence-corrected chi connectivity index (χ0v) is 10.8. The number of anilines is 1. The van der Waals surface area contributed by atoms with Crippen LogP contribution >= 0.6 is 11.6 Å². The Morgan fingerprint density at radius 2 is 2.00 bits per heavy atom. The Morgan fingerprint density at radius 1 is 1.25 bits per heavy atom. The van der Waals surface area contributed by atoms with E-state index in [-0.39, 0.29) is 22.9 Å². The third-order valence-electron chi connectivity index (χ3n) is 2.66. The van der Waals surface area contributed by atoms with Crippen LogP contribution in [-0.4, -0.2) is 4.92 Å². The molecule has 7 heteroatoms. The Hall–Kier alpha value is -2.21. The number of nitro groups is 1. The Morgan fingerprint density at radius 3 is 2.65 bits per heavy atom. The first-order chi connectivity index (χ1) is 9.49. The van der Waals surface area contributed by atoms with Crippen molar-refractivity contribution in [2.75, 3.05) is 5.32 Å². The minimum atomic E-state index is -0.738. The molecular formula is C13H9ClF2N2O2. The van der Waals surface area contributed by atoms with Gasteiger partial charge < -0.3 is 5.32 Å². The number of benzene rings is 2. The lowest BCUT2D eigenvalue weighted by Gasteiger charge is -2.09. The van der Waals surface area contributed by atoms with Gasteiger partial charge in [-0.05, 0) is 23.8 Å². The minimum Gasteiger partial charge on any atom is -0.373 e. The summed E-state index contributed by atoms with van der Waals surface area (Å²) in [5, 5.41) is 13.6. The third kappa shape index (κ3) is 3.03. The van der Waals surface area contributed by atoms with Crippen molar-refractivity contribution >= 4 is 23.0 Å². The van der Waals surface area contributed by atoms with Crippen LogP contribution in [0.1, 0.15) is 5.56 Å². The second kappa shape index (κ2) is 5.83. The van der Waals surface area contributed by atoms with E-state index >= 15 is 0 Å². The zero-order chi connectivity index (χ0) is 14.7. The topological polar surface area (TPSA) is 55.2 Å². The molecule has 0 fully saturated rings. The average Bonchev–Trinajstić information content (AvgIpc) is 2.38. The monoisotopic (exact) mass is 298 g/mol. The molecule has 2 rings (SSSR count). The lowest BCUT2D eigenvalue weighted by Crippen LogP contribution is -2.05. The first-order valence-electron chi connectivity index (χ1n) is 5.59. The van der Waals surface area contributed by atoms with Crippen LogP contribution in [0.3, 0.4) is 0 Å². The Kier molecular flexibility index (Phi) is 4.14. The van der Waals surface area contributed by atoms with Crippen molar-refractivity contribution in [3.63, 3.8) is 0 Å². The van der Waals surface area contributed by atoms with Gasteiger partial charge in [-0.2, -0.15) is 0 Å². The molecule has 0 unspecified atom stereocenters. The van der Waals surface area contributed by atoms with Crippen molar-refractivity contribution in [2.24, 2.45) is 0 Å². The van der Waals surface area contributed by atoms with E-state index in [1.807, 2.05) is 0 Å². The molecule has 20 heavy (non-hydrogen) atoms. The molecule has 0 saturated carbocycles. The molecule has 0 aliphatic rings. The van der Waals surface area contributed by atoms with E-state index in [9.17, 15) is 18.9 Å². The van der Waals surface area contributed by atoms with E-state index in [2.05, 4.69) is 5.32 Å². The van der Waals surface area contributed by atoms with E-state index in [4.69, 9.17) is 11.6 Å². The molecule has 2 aromatic carbocycles. The molecule has 0 aliphatic carbocycles. The molecule has 1 N–H and O–H groups in total. The number of hydrogen-bond acceptors (Lipinski definition) is 3. The molecule has 104 valence electrons. The van der Waals surface area contributed by atoms with Gasteiger partial charge in [0.2, 0.25) is 0 Å². The summed E-state index contributed by atoms with van der Waals surface area (Å²) in [6.07, 6.45) is 0. The number of halogens is 3. The Balaban J connectivity index is 2.25. The Bertz CT molecular complexity index is 665.